The summed E-state index contributed by atoms with van der Waals surface area (Å²) in [6, 6.07) is 12.6. The molecule has 0 bridgehead atoms. The number of nitriles is 1. The number of benzene rings is 1. The largest absolute Gasteiger partial charge is 0.384 e. The van der Waals surface area contributed by atoms with Crippen molar-refractivity contribution in [1.82, 2.24) is 15.2 Å². The van der Waals surface area contributed by atoms with Crippen LogP contribution in [0.4, 0.5) is 10.9 Å². The Morgan fingerprint density at radius 1 is 1.24 bits per heavy atom. The molecule has 0 radical (unpaired) electrons. The smallest absolute Gasteiger partial charge is 0.235 e. The molecule has 0 saturated carbocycles. The quantitative estimate of drug-likeness (QED) is 0.371. The van der Waals surface area contributed by atoms with Gasteiger partial charge in [-0.2, -0.15) is 5.26 Å². The number of rotatable bonds is 6. The van der Waals surface area contributed by atoms with Crippen molar-refractivity contribution in [2.75, 3.05) is 16.0 Å². The van der Waals surface area contributed by atoms with Crippen LogP contribution in [0.5, 0.6) is 0 Å². The van der Waals surface area contributed by atoms with Gasteiger partial charge in [0.25, 0.3) is 0 Å². The minimum absolute atomic E-state index is 0.0342. The number of thioether (sulfide) groups is 1. The highest BCUT2D eigenvalue weighted by molar-refractivity contribution is 8.01. The number of nitrogens with zero attached hydrogens (tertiary/aromatic N) is 5. The molecule has 1 aromatic carbocycles. The molecular formula is C25H19Cl2N7O2S2. The van der Waals surface area contributed by atoms with E-state index in [1.54, 1.807) is 35.2 Å². The Kier molecular flexibility index (Phi) is 7.67. The molecule has 192 valence electrons. The fourth-order valence-corrected chi connectivity index (χ4v) is 6.42. The predicted molar refractivity (Wildman–Crippen MR) is 148 cm³/mol. The Bertz CT molecular complexity index is 1530. The zero-order valence-corrected chi connectivity index (χ0v) is 22.8. The van der Waals surface area contributed by atoms with Crippen LogP contribution in [-0.2, 0) is 9.59 Å². The summed E-state index contributed by atoms with van der Waals surface area (Å²) in [5.74, 6) is -0.235. The minimum atomic E-state index is -0.607. The number of allylic oxidation sites excluding steroid dienone is 3. The second kappa shape index (κ2) is 11.1. The highest BCUT2D eigenvalue weighted by atomic mass is 35.5. The van der Waals surface area contributed by atoms with E-state index in [0.717, 1.165) is 5.56 Å². The predicted octanol–water partition coefficient (Wildman–Crippen LogP) is 5.28. The maximum atomic E-state index is 13.2. The molecule has 13 heteroatoms. The Labute approximate surface area is 236 Å². The lowest BCUT2D eigenvalue weighted by atomic mass is 9.76. The SMILES string of the molecule is N#CC1=C(N)N(c2nnc(SCC(=O)Nc3ccc(Cl)cn3)s2)C2=C(C(=O)CCC2)C1c1cccc(Cl)c1. The molecule has 3 heterocycles. The first-order valence-corrected chi connectivity index (χ1v) is 14.0. The number of nitrogens with one attached hydrogen (secondary N) is 1. The molecule has 5 rings (SSSR count). The highest BCUT2D eigenvalue weighted by Gasteiger charge is 2.41. The Balaban J connectivity index is 1.42. The van der Waals surface area contributed by atoms with Gasteiger partial charge in [-0.05, 0) is 42.7 Å². The molecule has 1 amide bonds. The lowest BCUT2D eigenvalue weighted by Gasteiger charge is -2.38. The van der Waals surface area contributed by atoms with Gasteiger partial charge in [0.05, 0.1) is 28.3 Å². The van der Waals surface area contributed by atoms with Gasteiger partial charge < -0.3 is 11.1 Å². The zero-order valence-electron chi connectivity index (χ0n) is 19.6. The van der Waals surface area contributed by atoms with Crippen molar-refractivity contribution in [2.45, 2.75) is 29.5 Å². The molecule has 0 spiro atoms. The van der Waals surface area contributed by atoms with Crippen LogP contribution in [0.3, 0.4) is 0 Å². The summed E-state index contributed by atoms with van der Waals surface area (Å²) in [6.07, 6.45) is 3.08. The number of aromatic nitrogens is 3. The van der Waals surface area contributed by atoms with E-state index in [-0.39, 0.29) is 28.8 Å². The number of ketones is 1. The second-order valence-electron chi connectivity index (χ2n) is 8.42. The van der Waals surface area contributed by atoms with E-state index >= 15 is 0 Å². The number of halogens is 2. The standard InChI is InChI=1S/C25H19Cl2N7O2S2/c26-14-4-1-3-13(9-14)21-16(10-28)23(29)34(17-5-2-6-18(35)22(17)21)24-32-33-25(38-24)37-12-20(36)31-19-8-7-15(27)11-30-19/h1,3-4,7-9,11,21H,2,5-6,12,29H2,(H,30,31,36). The number of hydrogen-bond donors (Lipinski definition) is 2. The molecule has 1 aliphatic heterocycles. The number of anilines is 2. The van der Waals surface area contributed by atoms with Gasteiger partial charge >= 0.3 is 0 Å². The monoisotopic (exact) mass is 583 g/mol. The molecule has 2 aromatic heterocycles. The molecule has 0 saturated heterocycles. The van der Waals surface area contributed by atoms with Gasteiger partial charge in [0.2, 0.25) is 11.0 Å². The number of carbonyl (C=O) groups is 2. The Morgan fingerprint density at radius 2 is 2.08 bits per heavy atom. The first-order valence-electron chi connectivity index (χ1n) is 11.4. The molecule has 3 N–H and O–H groups in total. The number of nitrogens with two attached hydrogens (primary N) is 1. The van der Waals surface area contributed by atoms with Crippen molar-refractivity contribution in [3.63, 3.8) is 0 Å². The molecule has 3 aromatic rings. The number of carbonyl (C=O) groups excluding carboxylic acids is 2. The highest BCUT2D eigenvalue weighted by Crippen LogP contribution is 2.47. The van der Waals surface area contributed by atoms with Gasteiger partial charge in [-0.25, -0.2) is 4.98 Å². The van der Waals surface area contributed by atoms with E-state index in [1.807, 2.05) is 6.07 Å². The van der Waals surface area contributed by atoms with Crippen molar-refractivity contribution in [2.24, 2.45) is 5.73 Å². The van der Waals surface area contributed by atoms with E-state index in [1.165, 1.54) is 29.3 Å². The van der Waals surface area contributed by atoms with Gasteiger partial charge in [-0.3, -0.25) is 14.5 Å². The van der Waals surface area contributed by atoms with Crippen LogP contribution < -0.4 is 16.0 Å². The second-order valence-corrected chi connectivity index (χ2v) is 11.5. The molecule has 1 aliphatic carbocycles. The van der Waals surface area contributed by atoms with Crippen LogP contribution in [0.2, 0.25) is 10.0 Å². The maximum Gasteiger partial charge on any atom is 0.235 e. The number of amides is 1. The van der Waals surface area contributed by atoms with Crippen LogP contribution in [0.1, 0.15) is 30.7 Å². The van der Waals surface area contributed by atoms with Crippen molar-refractivity contribution < 1.29 is 9.59 Å². The van der Waals surface area contributed by atoms with Gasteiger partial charge in [0.15, 0.2) is 10.1 Å². The molecule has 1 unspecified atom stereocenters. The normalized spacial score (nSPS) is 17.3. The Morgan fingerprint density at radius 3 is 2.82 bits per heavy atom. The lowest BCUT2D eigenvalue weighted by Crippen LogP contribution is -2.38. The third-order valence-electron chi connectivity index (χ3n) is 6.00. The fourth-order valence-electron chi connectivity index (χ4n) is 4.43. The number of pyridine rings is 1. The fraction of sp³-hybridized carbons (Fsp3) is 0.200. The van der Waals surface area contributed by atoms with Crippen LogP contribution in [0.15, 0.2) is 69.6 Å². The summed E-state index contributed by atoms with van der Waals surface area (Å²) in [4.78, 5) is 31.3. The van der Waals surface area contributed by atoms with E-state index in [4.69, 9.17) is 28.9 Å². The number of Topliss-reactive ketones (excluding diaryl/α,β-unsaturated/α-hetero) is 1. The molecule has 0 fully saturated rings. The maximum absolute atomic E-state index is 13.2. The molecule has 1 atom stereocenters. The summed E-state index contributed by atoms with van der Waals surface area (Å²) in [7, 11) is 0. The number of hydrogen-bond acceptors (Lipinski definition) is 10. The molecule has 2 aliphatic rings. The van der Waals surface area contributed by atoms with Gasteiger partial charge in [-0.1, -0.05) is 58.4 Å². The zero-order chi connectivity index (χ0) is 26.8. The summed E-state index contributed by atoms with van der Waals surface area (Å²) in [6.45, 7) is 0. The van der Waals surface area contributed by atoms with Crippen LogP contribution in [-0.4, -0.2) is 32.6 Å². The van der Waals surface area contributed by atoms with Crippen LogP contribution in [0.25, 0.3) is 0 Å². The van der Waals surface area contributed by atoms with Crippen molar-refractivity contribution in [3.8, 4) is 6.07 Å². The first kappa shape index (κ1) is 26.2. The lowest BCUT2D eigenvalue weighted by molar-refractivity contribution is -0.116. The summed E-state index contributed by atoms with van der Waals surface area (Å²) in [5, 5.41) is 22.7. The molecule has 9 nitrogen and oxygen atoms in total. The third kappa shape index (κ3) is 5.26. The average molecular weight is 585 g/mol. The topological polar surface area (TPSA) is 138 Å². The Hall–Kier alpha value is -3.43. The van der Waals surface area contributed by atoms with Gasteiger partial charge in [0, 0.05) is 28.9 Å². The first-order chi connectivity index (χ1) is 18.4. The summed E-state index contributed by atoms with van der Waals surface area (Å²) in [5.41, 5.74) is 8.79. The van der Waals surface area contributed by atoms with E-state index in [9.17, 15) is 14.9 Å². The molecule has 38 heavy (non-hydrogen) atoms. The average Bonchev–Trinajstić information content (AvgIpc) is 3.37. The van der Waals surface area contributed by atoms with Gasteiger partial charge in [-0.15, -0.1) is 10.2 Å². The van der Waals surface area contributed by atoms with E-state index in [2.05, 4.69) is 26.6 Å². The van der Waals surface area contributed by atoms with Crippen molar-refractivity contribution in [1.29, 1.82) is 5.26 Å². The van der Waals surface area contributed by atoms with Gasteiger partial charge in [0.1, 0.15) is 11.6 Å². The van der Waals surface area contributed by atoms with Crippen LogP contribution >= 0.6 is 46.3 Å². The van der Waals surface area contributed by atoms with E-state index < -0.39 is 5.92 Å². The van der Waals surface area contributed by atoms with E-state index in [0.29, 0.717) is 55.9 Å². The van der Waals surface area contributed by atoms with Crippen molar-refractivity contribution >= 4 is 68.9 Å². The third-order valence-corrected chi connectivity index (χ3v) is 8.50. The van der Waals surface area contributed by atoms with Crippen LogP contribution in [0, 0.1) is 11.3 Å². The summed E-state index contributed by atoms with van der Waals surface area (Å²) < 4.78 is 0.534. The minimum Gasteiger partial charge on any atom is -0.384 e. The summed E-state index contributed by atoms with van der Waals surface area (Å²) >= 11 is 14.5. The molecular weight excluding hydrogens is 565 g/mol. The van der Waals surface area contributed by atoms with Crippen molar-refractivity contribution in [3.05, 3.63) is 80.9 Å².